The second-order valence-corrected chi connectivity index (χ2v) is 4.55. The van der Waals surface area contributed by atoms with Crippen molar-refractivity contribution in [2.24, 2.45) is 0 Å². The van der Waals surface area contributed by atoms with E-state index in [1.807, 2.05) is 0 Å². The molecule has 0 aromatic heterocycles. The SMILES string of the molecule is C=C(C)CN(OC)c1c([N+](=O)[O-])cc(C(F)(F)F)cc1[N+](=O)[O-]. The van der Waals surface area contributed by atoms with E-state index in [0.717, 1.165) is 12.2 Å². The predicted molar refractivity (Wildman–Crippen MR) is 73.9 cm³/mol. The van der Waals surface area contributed by atoms with Gasteiger partial charge < -0.3 is 0 Å². The summed E-state index contributed by atoms with van der Waals surface area (Å²) in [6.07, 6.45) is -4.97. The van der Waals surface area contributed by atoms with Crippen molar-refractivity contribution >= 4 is 17.1 Å². The van der Waals surface area contributed by atoms with Gasteiger partial charge in [0.05, 0.1) is 29.1 Å². The average Bonchev–Trinajstić information content (AvgIpc) is 2.41. The summed E-state index contributed by atoms with van der Waals surface area (Å²) in [5.74, 6) is 0. The molecule has 8 nitrogen and oxygen atoms in total. The summed E-state index contributed by atoms with van der Waals surface area (Å²) in [4.78, 5) is 24.7. The Labute approximate surface area is 128 Å². The second-order valence-electron chi connectivity index (χ2n) is 4.55. The minimum absolute atomic E-state index is 0.177. The van der Waals surface area contributed by atoms with E-state index in [-0.39, 0.29) is 18.7 Å². The van der Waals surface area contributed by atoms with Crippen LogP contribution in [0.3, 0.4) is 0 Å². The molecule has 0 unspecified atom stereocenters. The predicted octanol–water partition coefficient (Wildman–Crippen LogP) is 3.47. The van der Waals surface area contributed by atoms with Crippen molar-refractivity contribution < 1.29 is 27.9 Å². The van der Waals surface area contributed by atoms with Crippen LogP contribution in [-0.2, 0) is 11.0 Å². The van der Waals surface area contributed by atoms with Gasteiger partial charge in [-0.2, -0.15) is 13.2 Å². The third-order valence-electron chi connectivity index (χ3n) is 2.67. The number of nitro benzene ring substituents is 2. The van der Waals surface area contributed by atoms with Crippen LogP contribution in [0.15, 0.2) is 24.3 Å². The lowest BCUT2D eigenvalue weighted by atomic mass is 10.1. The maximum absolute atomic E-state index is 12.8. The summed E-state index contributed by atoms with van der Waals surface area (Å²) < 4.78 is 38.4. The van der Waals surface area contributed by atoms with Crippen LogP contribution in [0.5, 0.6) is 0 Å². The Morgan fingerprint density at radius 1 is 1.26 bits per heavy atom. The Balaban J connectivity index is 3.74. The number of halogens is 3. The zero-order chi connectivity index (χ0) is 17.9. The van der Waals surface area contributed by atoms with Crippen LogP contribution in [-0.4, -0.2) is 23.5 Å². The molecule has 1 rings (SSSR count). The first kappa shape index (κ1) is 18.4. The summed E-state index contributed by atoms with van der Waals surface area (Å²) in [6.45, 7) is 4.88. The van der Waals surface area contributed by atoms with E-state index in [4.69, 9.17) is 4.84 Å². The van der Waals surface area contributed by atoms with Gasteiger partial charge in [-0.05, 0) is 6.92 Å². The standard InChI is InChI=1S/C12H12F3N3O5/c1-7(2)6-16(23-3)11-9(17(19)20)4-8(12(13,14)15)5-10(11)18(21)22/h4-5H,1,6H2,2-3H3. The highest BCUT2D eigenvalue weighted by atomic mass is 19.4. The number of anilines is 1. The van der Waals surface area contributed by atoms with Crippen LogP contribution in [0.2, 0.25) is 0 Å². The molecule has 0 N–H and O–H groups in total. The maximum Gasteiger partial charge on any atom is 0.416 e. The molecule has 0 saturated heterocycles. The lowest BCUT2D eigenvalue weighted by Crippen LogP contribution is -2.25. The van der Waals surface area contributed by atoms with Crippen LogP contribution in [0.4, 0.5) is 30.2 Å². The van der Waals surface area contributed by atoms with Crippen molar-refractivity contribution in [2.75, 3.05) is 18.7 Å². The van der Waals surface area contributed by atoms with Gasteiger partial charge in [0.1, 0.15) is 0 Å². The Morgan fingerprint density at radius 2 is 1.70 bits per heavy atom. The van der Waals surface area contributed by atoms with Gasteiger partial charge in [0.2, 0.25) is 5.69 Å². The summed E-state index contributed by atoms with van der Waals surface area (Å²) in [6, 6.07) is 0.458. The van der Waals surface area contributed by atoms with Crippen LogP contribution in [0, 0.1) is 20.2 Å². The first-order valence-electron chi connectivity index (χ1n) is 5.99. The maximum atomic E-state index is 12.8. The van der Waals surface area contributed by atoms with Gasteiger partial charge in [0.15, 0.2) is 0 Å². The molecule has 0 bridgehead atoms. The van der Waals surface area contributed by atoms with Crippen LogP contribution in [0.25, 0.3) is 0 Å². The summed E-state index contributed by atoms with van der Waals surface area (Å²) in [5, 5.41) is 22.9. The monoisotopic (exact) mass is 335 g/mol. The fourth-order valence-electron chi connectivity index (χ4n) is 1.78. The molecule has 0 aliphatic heterocycles. The zero-order valence-corrected chi connectivity index (χ0v) is 12.1. The number of nitrogens with zero attached hydrogens (tertiary/aromatic N) is 3. The van der Waals surface area contributed by atoms with E-state index in [0.29, 0.717) is 5.57 Å². The highest BCUT2D eigenvalue weighted by Crippen LogP contribution is 2.43. The van der Waals surface area contributed by atoms with E-state index in [9.17, 15) is 33.4 Å². The van der Waals surface area contributed by atoms with Crippen molar-refractivity contribution in [1.29, 1.82) is 0 Å². The number of nitro groups is 2. The van der Waals surface area contributed by atoms with Gasteiger partial charge in [0, 0.05) is 12.1 Å². The van der Waals surface area contributed by atoms with Gasteiger partial charge in [-0.3, -0.25) is 25.1 Å². The van der Waals surface area contributed by atoms with Gasteiger partial charge >= 0.3 is 17.6 Å². The van der Waals surface area contributed by atoms with Crippen molar-refractivity contribution in [2.45, 2.75) is 13.1 Å². The quantitative estimate of drug-likeness (QED) is 0.448. The summed E-state index contributed by atoms with van der Waals surface area (Å²) in [5.41, 5.74) is -3.93. The smallest absolute Gasteiger partial charge is 0.276 e. The Bertz CT molecular complexity index is 625. The lowest BCUT2D eigenvalue weighted by molar-refractivity contribution is -0.393. The molecule has 0 amide bonds. The Morgan fingerprint density at radius 3 is 1.96 bits per heavy atom. The topological polar surface area (TPSA) is 98.8 Å². The van der Waals surface area contributed by atoms with E-state index in [1.54, 1.807) is 0 Å². The van der Waals surface area contributed by atoms with Crippen LogP contribution < -0.4 is 5.06 Å². The highest BCUT2D eigenvalue weighted by Gasteiger charge is 2.39. The number of rotatable bonds is 6. The Kier molecular flexibility index (Phi) is 5.27. The number of alkyl halides is 3. The van der Waals surface area contributed by atoms with Crippen LogP contribution >= 0.6 is 0 Å². The second kappa shape index (κ2) is 6.60. The molecule has 0 heterocycles. The van der Waals surface area contributed by atoms with Gasteiger partial charge in [-0.15, -0.1) is 0 Å². The van der Waals surface area contributed by atoms with Crippen LogP contribution in [0.1, 0.15) is 12.5 Å². The molecule has 0 spiro atoms. The molecule has 0 saturated carbocycles. The molecule has 1 aromatic rings. The number of benzene rings is 1. The third-order valence-corrected chi connectivity index (χ3v) is 2.67. The normalized spacial score (nSPS) is 11.2. The zero-order valence-electron chi connectivity index (χ0n) is 12.1. The molecule has 23 heavy (non-hydrogen) atoms. The molecular formula is C12H12F3N3O5. The molecule has 0 fully saturated rings. The van der Waals surface area contributed by atoms with E-state index < -0.39 is 38.6 Å². The molecule has 0 radical (unpaired) electrons. The first-order chi connectivity index (χ1) is 10.5. The van der Waals surface area contributed by atoms with Gasteiger partial charge in [-0.1, -0.05) is 12.2 Å². The molecule has 0 atom stereocenters. The van der Waals surface area contributed by atoms with E-state index in [2.05, 4.69) is 6.58 Å². The van der Waals surface area contributed by atoms with Crippen molar-refractivity contribution in [3.63, 3.8) is 0 Å². The molecule has 126 valence electrons. The van der Waals surface area contributed by atoms with Crippen molar-refractivity contribution in [3.8, 4) is 0 Å². The fourth-order valence-corrected chi connectivity index (χ4v) is 1.78. The highest BCUT2D eigenvalue weighted by molar-refractivity contribution is 5.75. The number of hydroxylamine groups is 1. The molecule has 11 heteroatoms. The summed E-state index contributed by atoms with van der Waals surface area (Å²) in [7, 11) is 1.08. The lowest BCUT2D eigenvalue weighted by Gasteiger charge is -2.22. The molecule has 0 aliphatic carbocycles. The number of hydrogen-bond donors (Lipinski definition) is 0. The fraction of sp³-hybridized carbons (Fsp3) is 0.333. The van der Waals surface area contributed by atoms with E-state index in [1.165, 1.54) is 6.92 Å². The first-order valence-corrected chi connectivity index (χ1v) is 5.99. The average molecular weight is 335 g/mol. The minimum Gasteiger partial charge on any atom is -0.276 e. The minimum atomic E-state index is -4.97. The largest absolute Gasteiger partial charge is 0.416 e. The van der Waals surface area contributed by atoms with Gasteiger partial charge in [-0.25, -0.2) is 5.06 Å². The van der Waals surface area contributed by atoms with E-state index >= 15 is 0 Å². The number of hydrogen-bond acceptors (Lipinski definition) is 6. The van der Waals surface area contributed by atoms with Crippen molar-refractivity contribution in [1.82, 2.24) is 0 Å². The van der Waals surface area contributed by atoms with Gasteiger partial charge in [0.25, 0.3) is 0 Å². The third kappa shape index (κ3) is 4.16. The molecule has 1 aromatic carbocycles. The molecule has 0 aliphatic rings. The summed E-state index contributed by atoms with van der Waals surface area (Å²) >= 11 is 0. The van der Waals surface area contributed by atoms with Crippen molar-refractivity contribution in [3.05, 3.63) is 50.1 Å². The molecular weight excluding hydrogens is 323 g/mol. The Hall–Kier alpha value is -2.69.